The molecule has 4 N–H and O–H groups in total. The summed E-state index contributed by atoms with van der Waals surface area (Å²) >= 11 is 1.09. The Balaban J connectivity index is 2.53. The Morgan fingerprint density at radius 2 is 2.12 bits per heavy atom. The fraction of sp³-hybridized carbons (Fsp3) is 0.222. The van der Waals surface area contributed by atoms with E-state index in [1.54, 1.807) is 5.38 Å². The summed E-state index contributed by atoms with van der Waals surface area (Å²) in [4.78, 5) is 32.9. The van der Waals surface area contributed by atoms with E-state index < -0.39 is 12.0 Å². The number of amides is 3. The molecule has 0 spiro atoms. The van der Waals surface area contributed by atoms with E-state index in [-0.39, 0.29) is 23.0 Å². The average molecular weight is 257 g/mol. The molecule has 7 nitrogen and oxygen atoms in total. The van der Waals surface area contributed by atoms with Gasteiger partial charge in [-0.2, -0.15) is 0 Å². The predicted molar refractivity (Wildman–Crippen MR) is 62.4 cm³/mol. The molecular weight excluding hydrogens is 246 g/mol. The van der Waals surface area contributed by atoms with Crippen LogP contribution in [0, 0.1) is 0 Å². The van der Waals surface area contributed by atoms with Crippen LogP contribution in [0.4, 0.5) is 9.80 Å². The molecule has 92 valence electrons. The first kappa shape index (κ1) is 13.0. The maximum atomic E-state index is 11.3. The fourth-order valence-corrected chi connectivity index (χ4v) is 1.74. The summed E-state index contributed by atoms with van der Waals surface area (Å²) < 4.78 is 0. The second-order valence-electron chi connectivity index (χ2n) is 2.95. The lowest BCUT2D eigenvalue weighted by Crippen LogP contribution is -2.37. The third-order valence-electron chi connectivity index (χ3n) is 1.81. The highest BCUT2D eigenvalue weighted by Gasteiger charge is 2.13. The van der Waals surface area contributed by atoms with Crippen molar-refractivity contribution in [2.45, 2.75) is 0 Å². The topological polar surface area (TPSA) is 108 Å². The van der Waals surface area contributed by atoms with Crippen molar-refractivity contribution in [3.05, 3.63) is 17.0 Å². The minimum Gasteiger partial charge on any atom is -0.478 e. The van der Waals surface area contributed by atoms with Crippen molar-refractivity contribution >= 4 is 34.2 Å². The highest BCUT2D eigenvalue weighted by molar-refractivity contribution is 7.14. The van der Waals surface area contributed by atoms with Crippen LogP contribution in [-0.2, 0) is 4.79 Å². The molecule has 1 rings (SSSR count). The molecule has 0 fully saturated rings. The number of hydrogen-bond acceptors (Lipinski definition) is 4. The molecule has 0 bridgehead atoms. The smallest absolute Gasteiger partial charge is 0.338 e. The summed E-state index contributed by atoms with van der Waals surface area (Å²) in [5.41, 5.74) is 0.0186. The van der Waals surface area contributed by atoms with Crippen molar-refractivity contribution in [2.75, 3.05) is 18.9 Å². The summed E-state index contributed by atoms with van der Waals surface area (Å²) in [7, 11) is 1.45. The van der Waals surface area contributed by atoms with Crippen LogP contribution in [0.3, 0.4) is 0 Å². The van der Waals surface area contributed by atoms with Gasteiger partial charge in [-0.25, -0.2) is 9.59 Å². The summed E-state index contributed by atoms with van der Waals surface area (Å²) in [5.74, 6) is -1.46. The average Bonchev–Trinajstić information content (AvgIpc) is 2.74. The number of carboxylic acid groups (broad SMARTS) is 1. The Morgan fingerprint density at radius 3 is 2.71 bits per heavy atom. The lowest BCUT2D eigenvalue weighted by Gasteiger charge is -2.05. The largest absolute Gasteiger partial charge is 0.478 e. The Hall–Kier alpha value is -2.09. The molecule has 17 heavy (non-hydrogen) atoms. The molecule has 1 aromatic rings. The second kappa shape index (κ2) is 5.85. The zero-order chi connectivity index (χ0) is 12.8. The molecule has 0 aromatic carbocycles. The number of nitrogens with one attached hydrogen (secondary N) is 3. The maximum Gasteiger partial charge on any atom is 0.338 e. The number of carbonyl (C=O) groups excluding carboxylic acids is 2. The fourth-order valence-electron chi connectivity index (χ4n) is 0.971. The summed E-state index contributed by atoms with van der Waals surface area (Å²) in [6.45, 7) is -0.171. The zero-order valence-corrected chi connectivity index (χ0v) is 9.76. The van der Waals surface area contributed by atoms with Crippen molar-refractivity contribution in [3.8, 4) is 0 Å². The molecule has 0 saturated carbocycles. The highest BCUT2D eigenvalue weighted by atomic mass is 32.1. The van der Waals surface area contributed by atoms with E-state index in [4.69, 9.17) is 5.11 Å². The van der Waals surface area contributed by atoms with E-state index in [1.807, 2.05) is 0 Å². The van der Waals surface area contributed by atoms with Gasteiger partial charge in [-0.3, -0.25) is 10.1 Å². The minimum atomic E-state index is -1.12. The molecule has 0 radical (unpaired) electrons. The standard InChI is InChI=1S/C9H11N3O4S/c1-10-6(13)4-11-9(16)12-7-5(8(14)15)2-3-17-7/h2-3H,4H2,1H3,(H,10,13)(H,14,15)(H2,11,12,16). The van der Waals surface area contributed by atoms with E-state index >= 15 is 0 Å². The van der Waals surface area contributed by atoms with Gasteiger partial charge in [0.05, 0.1) is 12.1 Å². The third kappa shape index (κ3) is 3.76. The van der Waals surface area contributed by atoms with Crippen LogP contribution in [0.5, 0.6) is 0 Å². The number of urea groups is 1. The van der Waals surface area contributed by atoms with Crippen molar-refractivity contribution in [1.82, 2.24) is 10.6 Å². The number of rotatable bonds is 4. The molecule has 0 saturated heterocycles. The van der Waals surface area contributed by atoms with Gasteiger partial charge < -0.3 is 15.7 Å². The first-order valence-electron chi connectivity index (χ1n) is 4.60. The number of aromatic carboxylic acids is 1. The molecule has 1 heterocycles. The van der Waals surface area contributed by atoms with Gasteiger partial charge in [-0.15, -0.1) is 11.3 Å². The third-order valence-corrected chi connectivity index (χ3v) is 2.64. The quantitative estimate of drug-likeness (QED) is 0.622. The first-order valence-corrected chi connectivity index (χ1v) is 5.48. The molecular formula is C9H11N3O4S. The Kier molecular flexibility index (Phi) is 4.46. The van der Waals surface area contributed by atoms with Gasteiger partial charge in [0, 0.05) is 7.05 Å². The van der Waals surface area contributed by atoms with Gasteiger partial charge in [0.15, 0.2) is 0 Å². The van der Waals surface area contributed by atoms with Crippen LogP contribution >= 0.6 is 11.3 Å². The lowest BCUT2D eigenvalue weighted by molar-refractivity contribution is -0.119. The van der Waals surface area contributed by atoms with E-state index in [2.05, 4.69) is 16.0 Å². The zero-order valence-electron chi connectivity index (χ0n) is 8.94. The SMILES string of the molecule is CNC(=O)CNC(=O)Nc1sccc1C(=O)O. The van der Waals surface area contributed by atoms with Gasteiger partial charge in [0.2, 0.25) is 5.91 Å². The molecule has 0 aliphatic heterocycles. The molecule has 1 aromatic heterocycles. The molecule has 0 atom stereocenters. The Bertz CT molecular complexity index is 443. The van der Waals surface area contributed by atoms with Gasteiger partial charge in [-0.1, -0.05) is 0 Å². The molecule has 3 amide bonds. The van der Waals surface area contributed by atoms with Crippen molar-refractivity contribution in [3.63, 3.8) is 0 Å². The molecule has 0 unspecified atom stereocenters. The number of carboxylic acids is 1. The van der Waals surface area contributed by atoms with E-state index in [9.17, 15) is 14.4 Å². The summed E-state index contributed by atoms with van der Waals surface area (Å²) in [6.07, 6.45) is 0. The molecule has 0 aliphatic carbocycles. The van der Waals surface area contributed by atoms with E-state index in [0.717, 1.165) is 11.3 Å². The van der Waals surface area contributed by atoms with Crippen LogP contribution in [0.1, 0.15) is 10.4 Å². The van der Waals surface area contributed by atoms with Crippen LogP contribution in [0.2, 0.25) is 0 Å². The number of hydrogen-bond donors (Lipinski definition) is 4. The number of carbonyl (C=O) groups is 3. The molecule has 0 aliphatic rings. The van der Waals surface area contributed by atoms with Gasteiger partial charge in [0.1, 0.15) is 5.00 Å². The second-order valence-corrected chi connectivity index (χ2v) is 3.87. The lowest BCUT2D eigenvalue weighted by atomic mass is 10.3. The van der Waals surface area contributed by atoms with Crippen LogP contribution in [-0.4, -0.2) is 36.6 Å². The van der Waals surface area contributed by atoms with Gasteiger partial charge >= 0.3 is 12.0 Å². The Morgan fingerprint density at radius 1 is 1.41 bits per heavy atom. The van der Waals surface area contributed by atoms with Crippen LogP contribution in [0.15, 0.2) is 11.4 Å². The highest BCUT2D eigenvalue weighted by Crippen LogP contribution is 2.22. The normalized spacial score (nSPS) is 9.47. The summed E-state index contributed by atoms with van der Waals surface area (Å²) in [5, 5.41) is 17.6. The van der Waals surface area contributed by atoms with Crippen molar-refractivity contribution < 1.29 is 19.5 Å². The van der Waals surface area contributed by atoms with Crippen LogP contribution in [0.25, 0.3) is 0 Å². The van der Waals surface area contributed by atoms with Gasteiger partial charge in [-0.05, 0) is 11.4 Å². The van der Waals surface area contributed by atoms with Crippen molar-refractivity contribution in [1.29, 1.82) is 0 Å². The van der Waals surface area contributed by atoms with E-state index in [1.165, 1.54) is 13.1 Å². The first-order chi connectivity index (χ1) is 8.04. The predicted octanol–water partition coefficient (Wildman–Crippen LogP) is 0.314. The van der Waals surface area contributed by atoms with Crippen molar-refractivity contribution in [2.24, 2.45) is 0 Å². The molecule has 8 heteroatoms. The minimum absolute atomic E-state index is 0.0186. The van der Waals surface area contributed by atoms with Gasteiger partial charge in [0.25, 0.3) is 0 Å². The number of anilines is 1. The maximum absolute atomic E-state index is 11.3. The van der Waals surface area contributed by atoms with E-state index in [0.29, 0.717) is 0 Å². The summed E-state index contributed by atoms with van der Waals surface area (Å²) in [6, 6.07) is 0.764. The Labute approximate surface area is 101 Å². The monoisotopic (exact) mass is 257 g/mol. The number of likely N-dealkylation sites (N-methyl/N-ethyl adjacent to an activating group) is 1. The number of thiophene rings is 1. The van der Waals surface area contributed by atoms with Crippen LogP contribution < -0.4 is 16.0 Å².